The number of aryl methyl sites for hydroxylation is 1. The van der Waals surface area contributed by atoms with E-state index < -0.39 is 11.4 Å². The van der Waals surface area contributed by atoms with Gasteiger partial charge in [-0.05, 0) is 38.0 Å². The largest absolute Gasteiger partial charge is 0.481 e. The summed E-state index contributed by atoms with van der Waals surface area (Å²) in [6, 6.07) is 1.75. The van der Waals surface area contributed by atoms with Crippen LogP contribution in [0.25, 0.3) is 0 Å². The van der Waals surface area contributed by atoms with Crippen molar-refractivity contribution >= 4 is 5.97 Å². The number of hydrogen-bond donors (Lipinski definition) is 1. The van der Waals surface area contributed by atoms with Crippen molar-refractivity contribution in [2.75, 3.05) is 0 Å². The van der Waals surface area contributed by atoms with Crippen LogP contribution in [-0.4, -0.2) is 16.1 Å². The summed E-state index contributed by atoms with van der Waals surface area (Å²) >= 11 is 0. The minimum absolute atomic E-state index is 0.815. The molecule has 1 rings (SSSR count). The van der Waals surface area contributed by atoms with E-state index in [1.54, 1.807) is 32.3 Å². The van der Waals surface area contributed by atoms with Crippen molar-refractivity contribution < 1.29 is 9.90 Å². The van der Waals surface area contributed by atoms with Crippen molar-refractivity contribution in [1.29, 1.82) is 0 Å². The Morgan fingerprint density at radius 3 is 2.62 bits per heavy atom. The predicted molar refractivity (Wildman–Crippen MR) is 49.6 cm³/mol. The first kappa shape index (κ1) is 9.71. The molecule has 1 heterocycles. The van der Waals surface area contributed by atoms with Crippen LogP contribution in [0.1, 0.15) is 25.0 Å². The predicted octanol–water partition coefficient (Wildman–Crippen LogP) is 1.75. The van der Waals surface area contributed by atoms with Gasteiger partial charge >= 0.3 is 5.97 Å². The van der Waals surface area contributed by atoms with E-state index in [-0.39, 0.29) is 0 Å². The van der Waals surface area contributed by atoms with Gasteiger partial charge in [-0.3, -0.25) is 9.78 Å². The summed E-state index contributed by atoms with van der Waals surface area (Å²) in [7, 11) is 0. The van der Waals surface area contributed by atoms with Crippen LogP contribution in [0.5, 0.6) is 0 Å². The monoisotopic (exact) mass is 179 g/mol. The van der Waals surface area contributed by atoms with E-state index in [1.165, 1.54) is 0 Å². The van der Waals surface area contributed by atoms with Crippen molar-refractivity contribution in [3.63, 3.8) is 0 Å². The van der Waals surface area contributed by atoms with Crippen molar-refractivity contribution in [3.05, 3.63) is 29.6 Å². The van der Waals surface area contributed by atoms with Gasteiger partial charge in [0.25, 0.3) is 0 Å². The van der Waals surface area contributed by atoms with Gasteiger partial charge in [-0.25, -0.2) is 0 Å². The maximum atomic E-state index is 11.0. The average molecular weight is 179 g/mol. The fourth-order valence-corrected chi connectivity index (χ4v) is 1.29. The molecule has 0 bridgehead atoms. The molecule has 0 saturated heterocycles. The Morgan fingerprint density at radius 2 is 2.15 bits per heavy atom. The number of hydrogen-bond acceptors (Lipinski definition) is 2. The molecule has 0 spiro atoms. The summed E-state index contributed by atoms with van der Waals surface area (Å²) in [6.07, 6.45) is 3.30. The van der Waals surface area contributed by atoms with E-state index in [0.29, 0.717) is 0 Å². The highest BCUT2D eigenvalue weighted by Gasteiger charge is 2.30. The van der Waals surface area contributed by atoms with Gasteiger partial charge < -0.3 is 5.11 Å². The van der Waals surface area contributed by atoms with Crippen LogP contribution in [0.3, 0.4) is 0 Å². The lowest BCUT2D eigenvalue weighted by Gasteiger charge is -2.21. The molecular formula is C10H13NO2. The first-order valence-corrected chi connectivity index (χ1v) is 4.10. The number of aliphatic carboxylic acids is 1. The molecule has 70 valence electrons. The highest BCUT2D eigenvalue weighted by atomic mass is 16.4. The lowest BCUT2D eigenvalue weighted by Crippen LogP contribution is -2.29. The van der Waals surface area contributed by atoms with Crippen LogP contribution >= 0.6 is 0 Å². The lowest BCUT2D eigenvalue weighted by atomic mass is 9.83. The van der Waals surface area contributed by atoms with Gasteiger partial charge in [0.1, 0.15) is 0 Å². The van der Waals surface area contributed by atoms with Crippen molar-refractivity contribution in [3.8, 4) is 0 Å². The average Bonchev–Trinajstić information content (AvgIpc) is 2.04. The Balaban J connectivity index is 3.22. The Bertz CT molecular complexity index is 331. The van der Waals surface area contributed by atoms with Crippen LogP contribution in [0, 0.1) is 6.92 Å². The summed E-state index contributed by atoms with van der Waals surface area (Å²) in [5.74, 6) is -0.818. The second-order valence-electron chi connectivity index (χ2n) is 3.62. The molecule has 3 heteroatoms. The number of pyridine rings is 1. The first-order valence-electron chi connectivity index (χ1n) is 4.10. The Morgan fingerprint density at radius 1 is 1.54 bits per heavy atom. The molecule has 3 nitrogen and oxygen atoms in total. The van der Waals surface area contributed by atoms with Gasteiger partial charge in [0, 0.05) is 12.4 Å². The van der Waals surface area contributed by atoms with Gasteiger partial charge in [-0.2, -0.15) is 0 Å². The lowest BCUT2D eigenvalue weighted by molar-refractivity contribution is -0.142. The quantitative estimate of drug-likeness (QED) is 0.752. The fourth-order valence-electron chi connectivity index (χ4n) is 1.29. The smallest absolute Gasteiger partial charge is 0.313 e. The molecule has 1 N–H and O–H groups in total. The number of nitrogens with zero attached hydrogens (tertiary/aromatic N) is 1. The molecule has 13 heavy (non-hydrogen) atoms. The molecule has 1 aromatic rings. The third-order valence-electron chi connectivity index (χ3n) is 2.23. The summed E-state index contributed by atoms with van der Waals surface area (Å²) in [4.78, 5) is 14.9. The van der Waals surface area contributed by atoms with Crippen molar-refractivity contribution in [1.82, 2.24) is 4.98 Å². The molecular weight excluding hydrogens is 166 g/mol. The molecule has 0 radical (unpaired) electrons. The van der Waals surface area contributed by atoms with Crippen LogP contribution in [0.2, 0.25) is 0 Å². The number of carboxylic acid groups (broad SMARTS) is 1. The second kappa shape index (κ2) is 3.17. The van der Waals surface area contributed by atoms with E-state index in [2.05, 4.69) is 4.98 Å². The Hall–Kier alpha value is -1.38. The minimum atomic E-state index is -0.840. The SMILES string of the molecule is Cc1cnccc1C(C)(C)C(=O)O. The molecule has 0 saturated carbocycles. The van der Waals surface area contributed by atoms with Crippen molar-refractivity contribution in [2.45, 2.75) is 26.2 Å². The third kappa shape index (κ3) is 1.69. The van der Waals surface area contributed by atoms with Gasteiger partial charge in [0.05, 0.1) is 5.41 Å². The topological polar surface area (TPSA) is 50.2 Å². The molecule has 0 aliphatic carbocycles. The number of carboxylic acids is 1. The summed E-state index contributed by atoms with van der Waals surface area (Å²) in [6.45, 7) is 5.25. The van der Waals surface area contributed by atoms with Gasteiger partial charge in [-0.15, -0.1) is 0 Å². The Labute approximate surface area is 77.4 Å². The van der Waals surface area contributed by atoms with Gasteiger partial charge in [0.15, 0.2) is 0 Å². The van der Waals surface area contributed by atoms with E-state index in [0.717, 1.165) is 11.1 Å². The zero-order chi connectivity index (χ0) is 10.1. The van der Waals surface area contributed by atoms with Crippen LogP contribution in [0.4, 0.5) is 0 Å². The third-order valence-corrected chi connectivity index (χ3v) is 2.23. The highest BCUT2D eigenvalue weighted by Crippen LogP contribution is 2.25. The normalized spacial score (nSPS) is 11.3. The zero-order valence-corrected chi connectivity index (χ0v) is 8.03. The summed E-state index contributed by atoms with van der Waals surface area (Å²) < 4.78 is 0. The second-order valence-corrected chi connectivity index (χ2v) is 3.62. The molecule has 0 fully saturated rings. The summed E-state index contributed by atoms with van der Waals surface area (Å²) in [5, 5.41) is 9.00. The standard InChI is InChI=1S/C10H13NO2/c1-7-6-11-5-4-8(7)10(2,3)9(12)13/h4-6H,1-3H3,(H,12,13). The number of carbonyl (C=O) groups is 1. The molecule has 1 aromatic heterocycles. The molecule has 0 aliphatic rings. The minimum Gasteiger partial charge on any atom is -0.481 e. The molecule has 0 unspecified atom stereocenters. The Kier molecular flexibility index (Phi) is 2.36. The molecule has 0 aliphatic heterocycles. The van der Waals surface area contributed by atoms with E-state index in [4.69, 9.17) is 5.11 Å². The van der Waals surface area contributed by atoms with E-state index >= 15 is 0 Å². The maximum Gasteiger partial charge on any atom is 0.313 e. The van der Waals surface area contributed by atoms with E-state index in [1.807, 2.05) is 6.92 Å². The highest BCUT2D eigenvalue weighted by molar-refractivity contribution is 5.80. The maximum absolute atomic E-state index is 11.0. The molecule has 0 amide bonds. The zero-order valence-electron chi connectivity index (χ0n) is 8.03. The van der Waals surface area contributed by atoms with E-state index in [9.17, 15) is 4.79 Å². The van der Waals surface area contributed by atoms with Crippen LogP contribution in [0.15, 0.2) is 18.5 Å². The fraction of sp³-hybridized carbons (Fsp3) is 0.400. The number of rotatable bonds is 2. The first-order chi connectivity index (χ1) is 5.96. The van der Waals surface area contributed by atoms with Crippen molar-refractivity contribution in [2.24, 2.45) is 0 Å². The molecule has 0 aromatic carbocycles. The van der Waals surface area contributed by atoms with Gasteiger partial charge in [-0.1, -0.05) is 0 Å². The summed E-state index contributed by atoms with van der Waals surface area (Å²) in [5.41, 5.74) is 0.887. The number of aromatic nitrogens is 1. The van der Waals surface area contributed by atoms with Crippen LogP contribution in [-0.2, 0) is 10.2 Å². The van der Waals surface area contributed by atoms with Gasteiger partial charge in [0.2, 0.25) is 0 Å². The van der Waals surface area contributed by atoms with Crippen LogP contribution < -0.4 is 0 Å². The molecule has 0 atom stereocenters.